The summed E-state index contributed by atoms with van der Waals surface area (Å²) >= 11 is 5.74. The molecule has 0 saturated heterocycles. The van der Waals surface area contributed by atoms with Gasteiger partial charge in [-0.25, -0.2) is 0 Å². The Balaban J connectivity index is 1.99. The molecule has 3 N–H and O–H groups in total. The third-order valence-electron chi connectivity index (χ3n) is 3.34. The average Bonchev–Trinajstić information content (AvgIpc) is 2.28. The van der Waals surface area contributed by atoms with Crippen LogP contribution in [-0.2, 0) is 0 Å². The van der Waals surface area contributed by atoms with E-state index in [-0.39, 0.29) is 11.2 Å². The van der Waals surface area contributed by atoms with Gasteiger partial charge in [0.2, 0.25) is 17.2 Å². The second-order valence-corrected chi connectivity index (χ2v) is 4.96. The van der Waals surface area contributed by atoms with Gasteiger partial charge in [-0.1, -0.05) is 19.3 Å². The molecule has 17 heavy (non-hydrogen) atoms. The van der Waals surface area contributed by atoms with Crippen LogP contribution in [0.4, 0.5) is 11.9 Å². The molecule has 0 bridgehead atoms. The Hall–Kier alpha value is -1.10. The molecule has 1 fully saturated rings. The first kappa shape index (κ1) is 12.4. The van der Waals surface area contributed by atoms with Crippen LogP contribution in [0, 0.1) is 5.92 Å². The van der Waals surface area contributed by atoms with Gasteiger partial charge < -0.3 is 11.1 Å². The van der Waals surface area contributed by atoms with Crippen molar-refractivity contribution < 1.29 is 0 Å². The number of nitrogens with one attached hydrogen (secondary N) is 1. The number of rotatable bonds is 3. The molecule has 0 spiro atoms. The molecule has 1 aromatic rings. The molecule has 0 aliphatic heterocycles. The summed E-state index contributed by atoms with van der Waals surface area (Å²) in [6, 6.07) is 0.341. The number of nitrogens with zero attached hydrogens (tertiary/aromatic N) is 3. The predicted molar refractivity (Wildman–Crippen MR) is 68.9 cm³/mol. The monoisotopic (exact) mass is 255 g/mol. The lowest BCUT2D eigenvalue weighted by atomic mass is 9.85. The fourth-order valence-electron chi connectivity index (χ4n) is 2.39. The zero-order valence-electron chi connectivity index (χ0n) is 9.99. The molecule has 1 aromatic heterocycles. The second kappa shape index (κ2) is 5.49. The first-order valence-corrected chi connectivity index (χ1v) is 6.46. The fourth-order valence-corrected chi connectivity index (χ4v) is 2.55. The van der Waals surface area contributed by atoms with Gasteiger partial charge >= 0.3 is 0 Å². The van der Waals surface area contributed by atoms with Gasteiger partial charge in [-0.3, -0.25) is 0 Å². The van der Waals surface area contributed by atoms with Crippen LogP contribution >= 0.6 is 11.6 Å². The molecule has 0 radical (unpaired) electrons. The first-order chi connectivity index (χ1) is 8.15. The highest BCUT2D eigenvalue weighted by Gasteiger charge is 2.20. The minimum Gasteiger partial charge on any atom is -0.368 e. The van der Waals surface area contributed by atoms with Crippen molar-refractivity contribution in [2.45, 2.75) is 45.1 Å². The van der Waals surface area contributed by atoms with Gasteiger partial charge in [0, 0.05) is 6.04 Å². The minimum absolute atomic E-state index is 0.135. The van der Waals surface area contributed by atoms with Gasteiger partial charge in [-0.05, 0) is 37.3 Å². The van der Waals surface area contributed by atoms with Crippen molar-refractivity contribution in [3.05, 3.63) is 5.28 Å². The molecule has 0 aromatic carbocycles. The van der Waals surface area contributed by atoms with Crippen molar-refractivity contribution >= 4 is 23.5 Å². The Labute approximate surface area is 106 Å². The molecule has 1 aliphatic rings. The molecule has 1 heterocycles. The van der Waals surface area contributed by atoms with Crippen LogP contribution in [0.1, 0.15) is 39.0 Å². The van der Waals surface area contributed by atoms with E-state index < -0.39 is 0 Å². The highest BCUT2D eigenvalue weighted by Crippen LogP contribution is 2.27. The van der Waals surface area contributed by atoms with Gasteiger partial charge in [0.05, 0.1) is 0 Å². The lowest BCUT2D eigenvalue weighted by Crippen LogP contribution is -2.28. The number of anilines is 2. The summed E-state index contributed by atoms with van der Waals surface area (Å²) in [5.74, 6) is 1.31. The van der Waals surface area contributed by atoms with Crippen LogP contribution in [0.5, 0.6) is 0 Å². The lowest BCUT2D eigenvalue weighted by Gasteiger charge is -2.28. The smallest absolute Gasteiger partial charge is 0.229 e. The van der Waals surface area contributed by atoms with E-state index in [1.165, 1.54) is 32.1 Å². The number of nitrogen functional groups attached to an aromatic ring is 1. The van der Waals surface area contributed by atoms with Crippen LogP contribution in [0.15, 0.2) is 0 Å². The Morgan fingerprint density at radius 1 is 1.24 bits per heavy atom. The zero-order chi connectivity index (χ0) is 12.3. The predicted octanol–water partition coefficient (Wildman–Crippen LogP) is 2.49. The molecule has 1 saturated carbocycles. The van der Waals surface area contributed by atoms with Gasteiger partial charge in [0.25, 0.3) is 0 Å². The van der Waals surface area contributed by atoms with Crippen LogP contribution in [-0.4, -0.2) is 21.0 Å². The lowest BCUT2D eigenvalue weighted by molar-refractivity contribution is 0.327. The molecule has 1 atom stereocenters. The number of nitrogens with two attached hydrogens (primary N) is 1. The highest BCUT2D eigenvalue weighted by molar-refractivity contribution is 6.28. The minimum atomic E-state index is 0.135. The van der Waals surface area contributed by atoms with E-state index in [9.17, 15) is 0 Å². The van der Waals surface area contributed by atoms with E-state index in [1.807, 2.05) is 0 Å². The van der Waals surface area contributed by atoms with Gasteiger partial charge in [0.1, 0.15) is 0 Å². The summed E-state index contributed by atoms with van der Waals surface area (Å²) in [7, 11) is 0. The summed E-state index contributed by atoms with van der Waals surface area (Å²) in [4.78, 5) is 11.8. The van der Waals surface area contributed by atoms with Gasteiger partial charge in [-0.2, -0.15) is 15.0 Å². The SMILES string of the molecule is CC(Nc1nc(N)nc(Cl)n1)C1CCCCC1. The maximum absolute atomic E-state index is 5.74. The molecule has 1 aliphatic carbocycles. The normalized spacial score (nSPS) is 18.9. The maximum atomic E-state index is 5.74. The Bertz CT molecular complexity index is 358. The van der Waals surface area contributed by atoms with Crippen molar-refractivity contribution in [2.24, 2.45) is 5.92 Å². The third-order valence-corrected chi connectivity index (χ3v) is 3.51. The summed E-state index contributed by atoms with van der Waals surface area (Å²) in [5, 5.41) is 3.40. The maximum Gasteiger partial charge on any atom is 0.229 e. The van der Waals surface area contributed by atoms with Crippen molar-refractivity contribution in [3.63, 3.8) is 0 Å². The summed E-state index contributed by atoms with van der Waals surface area (Å²) in [5.41, 5.74) is 5.53. The average molecular weight is 256 g/mol. The van der Waals surface area contributed by atoms with Crippen LogP contribution in [0.25, 0.3) is 0 Å². The topological polar surface area (TPSA) is 76.7 Å². The van der Waals surface area contributed by atoms with Gasteiger partial charge in [0.15, 0.2) is 0 Å². The molecule has 94 valence electrons. The Morgan fingerprint density at radius 2 is 1.94 bits per heavy atom. The van der Waals surface area contributed by atoms with Crippen LogP contribution in [0.3, 0.4) is 0 Å². The van der Waals surface area contributed by atoms with Gasteiger partial charge in [-0.15, -0.1) is 0 Å². The third kappa shape index (κ3) is 3.43. The first-order valence-electron chi connectivity index (χ1n) is 6.09. The summed E-state index contributed by atoms with van der Waals surface area (Å²) in [6.45, 7) is 2.16. The van der Waals surface area contributed by atoms with E-state index in [1.54, 1.807) is 0 Å². The standard InChI is InChI=1S/C11H18ClN5/c1-7(8-5-3-2-4-6-8)14-11-16-9(12)15-10(13)17-11/h7-8H,2-6H2,1H3,(H3,13,14,15,16,17). The number of hydrogen-bond acceptors (Lipinski definition) is 5. The Morgan fingerprint density at radius 3 is 2.59 bits per heavy atom. The second-order valence-electron chi connectivity index (χ2n) is 4.62. The molecule has 5 nitrogen and oxygen atoms in total. The largest absolute Gasteiger partial charge is 0.368 e. The number of hydrogen-bond donors (Lipinski definition) is 2. The Kier molecular flexibility index (Phi) is 3.99. The van der Waals surface area contributed by atoms with Crippen molar-refractivity contribution in [2.75, 3.05) is 11.1 Å². The van der Waals surface area contributed by atoms with Crippen molar-refractivity contribution in [1.82, 2.24) is 15.0 Å². The number of halogens is 1. The van der Waals surface area contributed by atoms with Crippen LogP contribution < -0.4 is 11.1 Å². The summed E-state index contributed by atoms with van der Waals surface area (Å²) < 4.78 is 0. The van der Waals surface area contributed by atoms with E-state index in [0.717, 1.165) is 0 Å². The van der Waals surface area contributed by atoms with E-state index in [0.29, 0.717) is 17.9 Å². The molecular weight excluding hydrogens is 238 g/mol. The van der Waals surface area contributed by atoms with E-state index in [4.69, 9.17) is 17.3 Å². The quantitative estimate of drug-likeness (QED) is 0.868. The molecule has 1 unspecified atom stereocenters. The van der Waals surface area contributed by atoms with Crippen molar-refractivity contribution in [3.8, 4) is 0 Å². The summed E-state index contributed by atoms with van der Waals surface area (Å²) in [6.07, 6.45) is 6.52. The molecule has 2 rings (SSSR count). The van der Waals surface area contributed by atoms with E-state index in [2.05, 4.69) is 27.2 Å². The fraction of sp³-hybridized carbons (Fsp3) is 0.727. The molecular formula is C11H18ClN5. The molecule has 0 amide bonds. The van der Waals surface area contributed by atoms with Crippen LogP contribution in [0.2, 0.25) is 5.28 Å². The highest BCUT2D eigenvalue weighted by atomic mass is 35.5. The molecule has 6 heteroatoms. The van der Waals surface area contributed by atoms with E-state index >= 15 is 0 Å². The number of aromatic nitrogens is 3. The van der Waals surface area contributed by atoms with Crippen molar-refractivity contribution in [1.29, 1.82) is 0 Å². The zero-order valence-corrected chi connectivity index (χ0v) is 10.7.